The molecule has 11 nitrogen and oxygen atoms in total. The van der Waals surface area contributed by atoms with E-state index in [9.17, 15) is 14.9 Å². The molecule has 2 rings (SSSR count). The first-order chi connectivity index (χ1) is 11.0. The van der Waals surface area contributed by atoms with E-state index in [2.05, 4.69) is 15.3 Å². The van der Waals surface area contributed by atoms with Gasteiger partial charge in [-0.1, -0.05) is 10.2 Å². The molecule has 124 valence electrons. The Kier molecular flexibility index (Phi) is 5.36. The summed E-state index contributed by atoms with van der Waals surface area (Å²) in [6.45, 7) is 1.84. The van der Waals surface area contributed by atoms with Gasteiger partial charge in [-0.25, -0.2) is 9.25 Å². The lowest BCUT2D eigenvalue weighted by Crippen LogP contribution is -2.22. The molecule has 0 saturated heterocycles. The highest BCUT2D eigenvalue weighted by Crippen LogP contribution is 2.12. The second kappa shape index (κ2) is 7.45. The molecule has 0 aromatic carbocycles. The van der Waals surface area contributed by atoms with E-state index in [-0.39, 0.29) is 31.7 Å². The third-order valence-corrected chi connectivity index (χ3v) is 2.96. The van der Waals surface area contributed by atoms with E-state index in [0.29, 0.717) is 5.69 Å². The van der Waals surface area contributed by atoms with Crippen LogP contribution in [0.25, 0.3) is 0 Å². The lowest BCUT2D eigenvalue weighted by molar-refractivity contribution is -0.396. The van der Waals surface area contributed by atoms with E-state index in [4.69, 9.17) is 9.47 Å². The van der Waals surface area contributed by atoms with E-state index < -0.39 is 10.9 Å². The van der Waals surface area contributed by atoms with Crippen molar-refractivity contribution in [2.24, 2.45) is 0 Å². The van der Waals surface area contributed by atoms with Crippen LogP contribution in [-0.2, 0) is 20.8 Å². The summed E-state index contributed by atoms with van der Waals surface area (Å²) in [6.07, 6.45) is 4.45. The molecule has 0 aliphatic rings. The Morgan fingerprint density at radius 2 is 2.26 bits per heavy atom. The number of esters is 1. The van der Waals surface area contributed by atoms with Crippen LogP contribution in [0.15, 0.2) is 18.6 Å². The summed E-state index contributed by atoms with van der Waals surface area (Å²) in [6, 6.07) is -0.331. The SMILES string of the molecule is COCC(COC(C)=O)n1cc(Cn2ccnc2[N+](=O)[O-])nn1. The molecule has 0 aliphatic carbocycles. The van der Waals surface area contributed by atoms with Crippen molar-refractivity contribution < 1.29 is 19.2 Å². The molecule has 2 aromatic rings. The fraction of sp³-hybridized carbons (Fsp3) is 0.500. The topological polar surface area (TPSA) is 127 Å². The van der Waals surface area contributed by atoms with Crippen LogP contribution in [0.4, 0.5) is 5.95 Å². The van der Waals surface area contributed by atoms with Gasteiger partial charge >= 0.3 is 11.9 Å². The number of imidazole rings is 1. The van der Waals surface area contributed by atoms with Crippen LogP contribution in [-0.4, -0.2) is 55.8 Å². The Labute approximate surface area is 131 Å². The molecule has 0 radical (unpaired) electrons. The second-order valence-corrected chi connectivity index (χ2v) is 4.71. The van der Waals surface area contributed by atoms with Gasteiger partial charge in [0.05, 0.1) is 12.8 Å². The minimum absolute atomic E-state index is 0.0944. The predicted molar refractivity (Wildman–Crippen MR) is 75.6 cm³/mol. The van der Waals surface area contributed by atoms with Crippen molar-refractivity contribution in [3.63, 3.8) is 0 Å². The monoisotopic (exact) mass is 324 g/mol. The lowest BCUT2D eigenvalue weighted by atomic mass is 10.3. The van der Waals surface area contributed by atoms with Gasteiger partial charge in [0, 0.05) is 14.0 Å². The maximum atomic E-state index is 10.9. The number of rotatable bonds is 8. The number of nitro groups is 1. The summed E-state index contributed by atoms with van der Waals surface area (Å²) >= 11 is 0. The molecular formula is C12H16N6O5. The molecule has 0 fully saturated rings. The van der Waals surface area contributed by atoms with Crippen molar-refractivity contribution in [3.8, 4) is 0 Å². The molecule has 0 aliphatic heterocycles. The molecule has 0 N–H and O–H groups in total. The fourth-order valence-corrected chi connectivity index (χ4v) is 1.94. The maximum absolute atomic E-state index is 10.9. The summed E-state index contributed by atoms with van der Waals surface area (Å²) in [5.74, 6) is -0.673. The van der Waals surface area contributed by atoms with Gasteiger partial charge in [0.25, 0.3) is 0 Å². The van der Waals surface area contributed by atoms with E-state index >= 15 is 0 Å². The van der Waals surface area contributed by atoms with Crippen LogP contribution in [0.3, 0.4) is 0 Å². The van der Waals surface area contributed by atoms with Crippen molar-refractivity contribution in [1.82, 2.24) is 24.5 Å². The molecular weight excluding hydrogens is 308 g/mol. The van der Waals surface area contributed by atoms with Crippen LogP contribution in [0.5, 0.6) is 0 Å². The summed E-state index contributed by atoms with van der Waals surface area (Å²) in [7, 11) is 1.52. The Hall–Kier alpha value is -2.82. The fourth-order valence-electron chi connectivity index (χ4n) is 1.94. The summed E-state index contributed by atoms with van der Waals surface area (Å²) in [5.41, 5.74) is 0.509. The molecule has 2 aromatic heterocycles. The summed E-state index contributed by atoms with van der Waals surface area (Å²) in [5, 5.41) is 18.8. The average molecular weight is 324 g/mol. The zero-order valence-electron chi connectivity index (χ0n) is 12.7. The van der Waals surface area contributed by atoms with Crippen LogP contribution in [0, 0.1) is 10.1 Å². The van der Waals surface area contributed by atoms with Gasteiger partial charge in [-0.15, -0.1) is 5.10 Å². The van der Waals surface area contributed by atoms with E-state index in [1.165, 1.54) is 35.7 Å². The van der Waals surface area contributed by atoms with Crippen molar-refractivity contribution >= 4 is 11.9 Å². The van der Waals surface area contributed by atoms with E-state index in [1.54, 1.807) is 6.20 Å². The van der Waals surface area contributed by atoms with Crippen molar-refractivity contribution in [2.75, 3.05) is 20.3 Å². The van der Waals surface area contributed by atoms with Gasteiger partial charge in [-0.05, 0) is 4.92 Å². The lowest BCUT2D eigenvalue weighted by Gasteiger charge is -2.15. The Morgan fingerprint density at radius 1 is 1.48 bits per heavy atom. The summed E-state index contributed by atoms with van der Waals surface area (Å²) in [4.78, 5) is 24.8. The number of methoxy groups -OCH3 is 1. The molecule has 11 heteroatoms. The minimum atomic E-state index is -0.571. The quantitative estimate of drug-likeness (QED) is 0.382. The summed E-state index contributed by atoms with van der Waals surface area (Å²) < 4.78 is 12.9. The van der Waals surface area contributed by atoms with Gasteiger partial charge in [0.2, 0.25) is 0 Å². The van der Waals surface area contributed by atoms with E-state index in [1.807, 2.05) is 0 Å². The van der Waals surface area contributed by atoms with Gasteiger partial charge < -0.3 is 19.6 Å². The van der Waals surface area contributed by atoms with Gasteiger partial charge in [-0.3, -0.25) is 4.79 Å². The third kappa shape index (κ3) is 4.32. The van der Waals surface area contributed by atoms with Crippen LogP contribution in [0.1, 0.15) is 18.7 Å². The van der Waals surface area contributed by atoms with Crippen LogP contribution < -0.4 is 0 Å². The molecule has 1 atom stereocenters. The molecule has 1 unspecified atom stereocenters. The first kappa shape index (κ1) is 16.5. The number of ether oxygens (including phenoxy) is 2. The van der Waals surface area contributed by atoms with E-state index in [0.717, 1.165) is 0 Å². The van der Waals surface area contributed by atoms with Gasteiger partial charge in [-0.2, -0.15) is 0 Å². The Balaban J connectivity index is 2.10. The highest BCUT2D eigenvalue weighted by Gasteiger charge is 2.18. The number of carbonyl (C=O) groups excluding carboxylic acids is 1. The normalized spacial score (nSPS) is 12.1. The number of nitrogens with zero attached hydrogens (tertiary/aromatic N) is 6. The highest BCUT2D eigenvalue weighted by molar-refractivity contribution is 5.65. The van der Waals surface area contributed by atoms with Gasteiger partial charge in [0.15, 0.2) is 0 Å². The molecule has 2 heterocycles. The number of hydrogen-bond donors (Lipinski definition) is 0. The number of carbonyl (C=O) groups is 1. The second-order valence-electron chi connectivity index (χ2n) is 4.71. The molecule has 0 saturated carbocycles. The maximum Gasteiger partial charge on any atom is 0.434 e. The molecule has 23 heavy (non-hydrogen) atoms. The molecule has 0 bridgehead atoms. The number of hydrogen-bond acceptors (Lipinski definition) is 8. The standard InChI is InChI=1S/C12H16N6O5/c1-9(19)23-8-11(7-22-2)17-6-10(14-15-17)5-16-4-3-13-12(16)18(20)21/h3-4,6,11H,5,7-8H2,1-2H3. The first-order valence-electron chi connectivity index (χ1n) is 6.69. The van der Waals surface area contributed by atoms with Crippen molar-refractivity contribution in [1.29, 1.82) is 0 Å². The average Bonchev–Trinajstić information content (AvgIpc) is 3.13. The zero-order chi connectivity index (χ0) is 16.8. The molecule has 0 amide bonds. The van der Waals surface area contributed by atoms with Crippen LogP contribution >= 0.6 is 0 Å². The van der Waals surface area contributed by atoms with Crippen molar-refractivity contribution in [2.45, 2.75) is 19.5 Å². The third-order valence-electron chi connectivity index (χ3n) is 2.96. The predicted octanol–water partition coefficient (Wildman–Crippen LogP) is 0.182. The Morgan fingerprint density at radius 3 is 2.91 bits per heavy atom. The highest BCUT2D eigenvalue weighted by atomic mass is 16.6. The minimum Gasteiger partial charge on any atom is -0.463 e. The van der Waals surface area contributed by atoms with Gasteiger partial charge in [0.1, 0.15) is 37.3 Å². The van der Waals surface area contributed by atoms with Crippen LogP contribution in [0.2, 0.25) is 0 Å². The first-order valence-corrected chi connectivity index (χ1v) is 6.69. The zero-order valence-corrected chi connectivity index (χ0v) is 12.7. The largest absolute Gasteiger partial charge is 0.463 e. The smallest absolute Gasteiger partial charge is 0.434 e. The Bertz CT molecular complexity index is 681. The van der Waals surface area contributed by atoms with Crippen molar-refractivity contribution in [3.05, 3.63) is 34.4 Å². The molecule has 0 spiro atoms. The number of aromatic nitrogens is 5.